The molecule has 0 bridgehead atoms. The highest BCUT2D eigenvalue weighted by atomic mass is 35.5. The van der Waals surface area contributed by atoms with E-state index in [2.05, 4.69) is 4.98 Å². The SMILES string of the molecule is Cc1ccc2c(Cl)cc(Cl)c(OCC(=O)c3ccccc3)c2n1. The molecule has 2 aromatic carbocycles. The highest BCUT2D eigenvalue weighted by molar-refractivity contribution is 6.39. The van der Waals surface area contributed by atoms with Gasteiger partial charge in [-0.3, -0.25) is 4.79 Å². The van der Waals surface area contributed by atoms with Gasteiger partial charge in [0.1, 0.15) is 5.52 Å². The number of Topliss-reactive ketones (excluding diaryl/α,β-unsaturated/α-hetero) is 1. The lowest BCUT2D eigenvalue weighted by atomic mass is 10.1. The van der Waals surface area contributed by atoms with Gasteiger partial charge in [0.15, 0.2) is 18.1 Å². The van der Waals surface area contributed by atoms with Crippen LogP contribution in [0, 0.1) is 6.92 Å². The average molecular weight is 346 g/mol. The van der Waals surface area contributed by atoms with Gasteiger partial charge in [-0.2, -0.15) is 0 Å². The van der Waals surface area contributed by atoms with E-state index >= 15 is 0 Å². The quantitative estimate of drug-likeness (QED) is 0.616. The Bertz CT molecular complexity index is 879. The summed E-state index contributed by atoms with van der Waals surface area (Å²) in [4.78, 5) is 16.6. The smallest absolute Gasteiger partial charge is 0.200 e. The predicted molar refractivity (Wildman–Crippen MR) is 92.8 cm³/mol. The van der Waals surface area contributed by atoms with Gasteiger partial charge in [-0.15, -0.1) is 0 Å². The van der Waals surface area contributed by atoms with Gasteiger partial charge in [0.25, 0.3) is 0 Å². The van der Waals surface area contributed by atoms with Crippen molar-refractivity contribution in [2.45, 2.75) is 6.92 Å². The highest BCUT2D eigenvalue weighted by Crippen LogP contribution is 2.37. The molecule has 0 saturated carbocycles. The lowest BCUT2D eigenvalue weighted by molar-refractivity contribution is 0.0922. The number of benzene rings is 2. The van der Waals surface area contributed by atoms with Gasteiger partial charge in [0, 0.05) is 16.6 Å². The Morgan fingerprint density at radius 2 is 1.83 bits per heavy atom. The Morgan fingerprint density at radius 1 is 1.09 bits per heavy atom. The second-order valence-electron chi connectivity index (χ2n) is 5.10. The molecule has 1 aromatic heterocycles. The summed E-state index contributed by atoms with van der Waals surface area (Å²) in [7, 11) is 0. The molecule has 0 aliphatic carbocycles. The summed E-state index contributed by atoms with van der Waals surface area (Å²) < 4.78 is 5.67. The lowest BCUT2D eigenvalue weighted by Gasteiger charge is -2.12. The summed E-state index contributed by atoms with van der Waals surface area (Å²) >= 11 is 12.4. The summed E-state index contributed by atoms with van der Waals surface area (Å²) in [6.45, 7) is 1.75. The molecule has 3 aromatic rings. The van der Waals surface area contributed by atoms with Gasteiger partial charge >= 0.3 is 0 Å². The molecule has 116 valence electrons. The largest absolute Gasteiger partial charge is 0.482 e. The fourth-order valence-electron chi connectivity index (χ4n) is 2.27. The molecule has 3 nitrogen and oxygen atoms in total. The van der Waals surface area contributed by atoms with Crippen LogP contribution in [0.2, 0.25) is 10.0 Å². The van der Waals surface area contributed by atoms with Gasteiger partial charge < -0.3 is 4.74 Å². The summed E-state index contributed by atoms with van der Waals surface area (Å²) in [6.07, 6.45) is 0. The van der Waals surface area contributed by atoms with Crippen LogP contribution in [0.5, 0.6) is 5.75 Å². The minimum absolute atomic E-state index is 0.115. The zero-order valence-corrected chi connectivity index (χ0v) is 13.9. The first-order chi connectivity index (χ1) is 11.1. The summed E-state index contributed by atoms with van der Waals surface area (Å²) in [5.41, 5.74) is 1.96. The zero-order valence-electron chi connectivity index (χ0n) is 12.3. The Kier molecular flexibility index (Phi) is 4.51. The van der Waals surface area contributed by atoms with Crippen molar-refractivity contribution in [3.8, 4) is 5.75 Å². The van der Waals surface area contributed by atoms with E-state index in [1.165, 1.54) is 0 Å². The Hall–Kier alpha value is -2.10. The van der Waals surface area contributed by atoms with Crippen LogP contribution in [-0.2, 0) is 0 Å². The number of halogens is 2. The zero-order chi connectivity index (χ0) is 16.4. The number of hydrogen-bond donors (Lipinski definition) is 0. The second-order valence-corrected chi connectivity index (χ2v) is 5.91. The second kappa shape index (κ2) is 6.57. The minimum atomic E-state index is -0.127. The van der Waals surface area contributed by atoms with Gasteiger partial charge in [-0.05, 0) is 25.1 Å². The van der Waals surface area contributed by atoms with Gasteiger partial charge in [-0.25, -0.2) is 4.98 Å². The van der Waals surface area contributed by atoms with E-state index in [0.29, 0.717) is 26.9 Å². The standard InChI is InChI=1S/C18H13Cl2NO2/c1-11-7-8-13-14(19)9-15(20)18(17(13)21-11)23-10-16(22)12-5-3-2-4-6-12/h2-9H,10H2,1H3. The lowest BCUT2D eigenvalue weighted by Crippen LogP contribution is -2.12. The first-order valence-corrected chi connectivity index (χ1v) is 7.78. The molecular weight excluding hydrogens is 333 g/mol. The monoisotopic (exact) mass is 345 g/mol. The van der Waals surface area contributed by atoms with Gasteiger partial charge in [-0.1, -0.05) is 53.5 Å². The number of carbonyl (C=O) groups excluding carboxylic acids is 1. The molecule has 1 heterocycles. The molecular formula is C18H13Cl2NO2. The van der Waals surface area contributed by atoms with Crippen LogP contribution in [-0.4, -0.2) is 17.4 Å². The third-order valence-corrected chi connectivity index (χ3v) is 4.01. The maximum Gasteiger partial charge on any atom is 0.200 e. The van der Waals surface area contributed by atoms with E-state index in [1.807, 2.05) is 37.3 Å². The number of fused-ring (bicyclic) bond motifs is 1. The first-order valence-electron chi connectivity index (χ1n) is 7.02. The number of ketones is 1. The number of rotatable bonds is 4. The molecule has 0 N–H and O–H groups in total. The Labute approximate surface area is 143 Å². The number of aryl methyl sites for hydroxylation is 1. The number of aromatic nitrogens is 1. The number of hydrogen-bond acceptors (Lipinski definition) is 3. The van der Waals surface area contributed by atoms with E-state index < -0.39 is 0 Å². The summed E-state index contributed by atoms with van der Waals surface area (Å²) in [5, 5.41) is 1.57. The van der Waals surface area contributed by atoms with Crippen molar-refractivity contribution >= 4 is 39.9 Å². The summed E-state index contributed by atoms with van der Waals surface area (Å²) in [5.74, 6) is 0.247. The van der Waals surface area contributed by atoms with Crippen LogP contribution < -0.4 is 4.74 Å². The third-order valence-electron chi connectivity index (χ3n) is 3.42. The van der Waals surface area contributed by atoms with Crippen molar-refractivity contribution in [2.24, 2.45) is 0 Å². The molecule has 0 aliphatic rings. The molecule has 0 unspecified atom stereocenters. The predicted octanol–water partition coefficient (Wildman–Crippen LogP) is 5.11. The fourth-order valence-corrected chi connectivity index (χ4v) is 2.84. The number of carbonyl (C=O) groups is 1. The van der Waals surface area contributed by atoms with Crippen molar-refractivity contribution in [1.82, 2.24) is 4.98 Å². The van der Waals surface area contributed by atoms with Crippen molar-refractivity contribution in [3.05, 3.63) is 69.8 Å². The normalized spacial score (nSPS) is 10.7. The highest BCUT2D eigenvalue weighted by Gasteiger charge is 2.15. The van der Waals surface area contributed by atoms with E-state index in [1.54, 1.807) is 18.2 Å². The van der Waals surface area contributed by atoms with Crippen molar-refractivity contribution in [3.63, 3.8) is 0 Å². The third kappa shape index (κ3) is 3.31. The topological polar surface area (TPSA) is 39.2 Å². The van der Waals surface area contributed by atoms with Gasteiger partial charge in [0.05, 0.1) is 10.0 Å². The van der Waals surface area contributed by atoms with E-state index in [0.717, 1.165) is 11.1 Å². The van der Waals surface area contributed by atoms with Crippen molar-refractivity contribution in [2.75, 3.05) is 6.61 Å². The molecule has 0 spiro atoms. The molecule has 0 saturated heterocycles. The number of pyridine rings is 1. The number of nitrogens with zero attached hydrogens (tertiary/aromatic N) is 1. The maximum absolute atomic E-state index is 12.2. The van der Waals surface area contributed by atoms with E-state index in [4.69, 9.17) is 27.9 Å². The molecule has 0 aliphatic heterocycles. The number of ether oxygens (including phenoxy) is 1. The van der Waals surface area contributed by atoms with Crippen molar-refractivity contribution < 1.29 is 9.53 Å². The molecule has 5 heteroatoms. The fraction of sp³-hybridized carbons (Fsp3) is 0.111. The Morgan fingerprint density at radius 3 is 2.57 bits per heavy atom. The molecule has 0 fully saturated rings. The maximum atomic E-state index is 12.2. The van der Waals surface area contributed by atoms with Crippen LogP contribution in [0.15, 0.2) is 48.5 Å². The molecule has 0 amide bonds. The van der Waals surface area contributed by atoms with E-state index in [9.17, 15) is 4.79 Å². The van der Waals surface area contributed by atoms with E-state index in [-0.39, 0.29) is 12.4 Å². The molecule has 0 atom stereocenters. The molecule has 0 radical (unpaired) electrons. The van der Waals surface area contributed by atoms with Crippen LogP contribution in [0.25, 0.3) is 10.9 Å². The molecule has 23 heavy (non-hydrogen) atoms. The molecule has 3 rings (SSSR count). The van der Waals surface area contributed by atoms with Crippen LogP contribution in [0.4, 0.5) is 0 Å². The summed E-state index contributed by atoms with van der Waals surface area (Å²) in [6, 6.07) is 14.3. The van der Waals surface area contributed by atoms with Gasteiger partial charge in [0.2, 0.25) is 0 Å². The van der Waals surface area contributed by atoms with Crippen LogP contribution >= 0.6 is 23.2 Å². The first kappa shape index (κ1) is 15.8. The Balaban J connectivity index is 1.94. The van der Waals surface area contributed by atoms with Crippen LogP contribution in [0.1, 0.15) is 16.1 Å². The van der Waals surface area contributed by atoms with Crippen molar-refractivity contribution in [1.29, 1.82) is 0 Å². The minimum Gasteiger partial charge on any atom is -0.482 e. The van der Waals surface area contributed by atoms with Crippen LogP contribution in [0.3, 0.4) is 0 Å². The average Bonchev–Trinajstić information content (AvgIpc) is 2.55.